The van der Waals surface area contributed by atoms with Crippen molar-refractivity contribution in [1.29, 1.82) is 0 Å². The van der Waals surface area contributed by atoms with Crippen LogP contribution in [0.1, 0.15) is 0 Å². The zero-order valence-electron chi connectivity index (χ0n) is 7.24. The number of benzene rings is 1. The first-order valence-electron chi connectivity index (χ1n) is 3.52. The zero-order chi connectivity index (χ0) is 10.9. The topological polar surface area (TPSA) is 63.4 Å². The zero-order valence-corrected chi connectivity index (χ0v) is 8.05. The van der Waals surface area contributed by atoms with E-state index >= 15 is 0 Å². The predicted molar refractivity (Wildman–Crippen MR) is 47.9 cm³/mol. The first-order chi connectivity index (χ1) is 6.32. The van der Waals surface area contributed by atoms with Crippen LogP contribution in [-0.2, 0) is 10.0 Å². The molecule has 0 aliphatic heterocycles. The SMILES string of the molecule is CS(=O)(=O)N(N)c1ccc(F)c(F)c1. The van der Waals surface area contributed by atoms with Crippen LogP contribution >= 0.6 is 0 Å². The monoisotopic (exact) mass is 222 g/mol. The Labute approximate surface area is 80.0 Å². The first kappa shape index (κ1) is 10.9. The summed E-state index contributed by atoms with van der Waals surface area (Å²) in [5.74, 6) is 2.94. The maximum absolute atomic E-state index is 12.7. The minimum Gasteiger partial charge on any atom is -0.233 e. The van der Waals surface area contributed by atoms with Gasteiger partial charge >= 0.3 is 0 Å². The van der Waals surface area contributed by atoms with Crippen LogP contribution in [0.2, 0.25) is 0 Å². The number of anilines is 1. The van der Waals surface area contributed by atoms with E-state index in [0.717, 1.165) is 18.4 Å². The molecule has 0 radical (unpaired) electrons. The molecule has 1 aromatic rings. The molecule has 0 saturated carbocycles. The Morgan fingerprint density at radius 3 is 2.29 bits per heavy atom. The highest BCUT2D eigenvalue weighted by molar-refractivity contribution is 7.92. The fourth-order valence-corrected chi connectivity index (χ4v) is 1.31. The van der Waals surface area contributed by atoms with Crippen molar-refractivity contribution >= 4 is 15.7 Å². The van der Waals surface area contributed by atoms with Gasteiger partial charge < -0.3 is 0 Å². The average Bonchev–Trinajstić information content (AvgIpc) is 2.07. The third-order valence-corrected chi connectivity index (χ3v) is 2.44. The Morgan fingerprint density at radius 2 is 1.86 bits per heavy atom. The number of hydrogen-bond donors (Lipinski definition) is 1. The lowest BCUT2D eigenvalue weighted by atomic mass is 10.3. The molecule has 0 spiro atoms. The van der Waals surface area contributed by atoms with Crippen LogP contribution in [0.5, 0.6) is 0 Å². The van der Waals surface area contributed by atoms with E-state index in [-0.39, 0.29) is 5.69 Å². The lowest BCUT2D eigenvalue weighted by Crippen LogP contribution is -2.36. The fraction of sp³-hybridized carbons (Fsp3) is 0.143. The molecule has 0 bridgehead atoms. The van der Waals surface area contributed by atoms with Crippen LogP contribution < -0.4 is 10.3 Å². The molecule has 0 amide bonds. The molecule has 0 aliphatic rings. The Kier molecular flexibility index (Phi) is 2.72. The maximum atomic E-state index is 12.7. The molecule has 0 heterocycles. The average molecular weight is 222 g/mol. The highest BCUT2D eigenvalue weighted by atomic mass is 32.2. The minimum atomic E-state index is -3.66. The summed E-state index contributed by atoms with van der Waals surface area (Å²) >= 11 is 0. The Hall–Kier alpha value is -1.21. The lowest BCUT2D eigenvalue weighted by molar-refractivity contribution is 0.508. The van der Waals surface area contributed by atoms with E-state index in [0.29, 0.717) is 10.5 Å². The molecule has 4 nitrogen and oxygen atoms in total. The molecular weight excluding hydrogens is 214 g/mol. The molecule has 14 heavy (non-hydrogen) atoms. The molecule has 0 atom stereocenters. The normalized spacial score (nSPS) is 11.4. The van der Waals surface area contributed by atoms with Gasteiger partial charge in [-0.1, -0.05) is 0 Å². The fourth-order valence-electron chi connectivity index (χ4n) is 0.814. The second-order valence-electron chi connectivity index (χ2n) is 2.66. The quantitative estimate of drug-likeness (QED) is 0.589. The van der Waals surface area contributed by atoms with Gasteiger partial charge in [-0.15, -0.1) is 0 Å². The molecule has 1 rings (SSSR count). The van der Waals surface area contributed by atoms with E-state index in [9.17, 15) is 17.2 Å². The van der Waals surface area contributed by atoms with Crippen LogP contribution in [0, 0.1) is 11.6 Å². The van der Waals surface area contributed by atoms with Crippen molar-refractivity contribution in [3.8, 4) is 0 Å². The van der Waals surface area contributed by atoms with Crippen molar-refractivity contribution in [2.45, 2.75) is 0 Å². The van der Waals surface area contributed by atoms with Gasteiger partial charge in [0.15, 0.2) is 11.6 Å². The number of hydrazine groups is 1. The largest absolute Gasteiger partial charge is 0.245 e. The smallest absolute Gasteiger partial charge is 0.233 e. The van der Waals surface area contributed by atoms with E-state index in [1.807, 2.05) is 0 Å². The summed E-state index contributed by atoms with van der Waals surface area (Å²) in [4.78, 5) is 0. The van der Waals surface area contributed by atoms with Crippen molar-refractivity contribution in [1.82, 2.24) is 0 Å². The summed E-state index contributed by atoms with van der Waals surface area (Å²) in [5, 5.41) is 0. The number of halogens is 2. The van der Waals surface area contributed by atoms with Crippen LogP contribution in [-0.4, -0.2) is 14.7 Å². The van der Waals surface area contributed by atoms with Gasteiger partial charge in [-0.25, -0.2) is 27.5 Å². The standard InChI is InChI=1S/C7H8F2N2O2S/c1-14(12,13)11(10)5-2-3-6(8)7(9)4-5/h2-4H,10H2,1H3. The highest BCUT2D eigenvalue weighted by Gasteiger charge is 2.14. The van der Waals surface area contributed by atoms with E-state index in [4.69, 9.17) is 5.84 Å². The van der Waals surface area contributed by atoms with Crippen LogP contribution in [0.25, 0.3) is 0 Å². The second-order valence-corrected chi connectivity index (χ2v) is 4.52. The van der Waals surface area contributed by atoms with Gasteiger partial charge in [0.25, 0.3) is 0 Å². The summed E-state index contributed by atoms with van der Waals surface area (Å²) < 4.78 is 47.3. The van der Waals surface area contributed by atoms with E-state index in [1.54, 1.807) is 0 Å². The Morgan fingerprint density at radius 1 is 1.29 bits per heavy atom. The third kappa shape index (κ3) is 2.18. The predicted octanol–water partition coefficient (Wildman–Crippen LogP) is 0.604. The van der Waals surface area contributed by atoms with Crippen LogP contribution in [0.4, 0.5) is 14.5 Å². The van der Waals surface area contributed by atoms with E-state index < -0.39 is 21.7 Å². The number of hydrogen-bond acceptors (Lipinski definition) is 3. The van der Waals surface area contributed by atoms with E-state index in [1.165, 1.54) is 0 Å². The van der Waals surface area contributed by atoms with Gasteiger partial charge in [-0.2, -0.15) is 0 Å². The minimum absolute atomic E-state index is 0.133. The molecule has 0 unspecified atom stereocenters. The second kappa shape index (κ2) is 3.50. The van der Waals surface area contributed by atoms with Gasteiger partial charge in [-0.3, -0.25) is 0 Å². The molecule has 78 valence electrons. The van der Waals surface area contributed by atoms with Gasteiger partial charge in [0.05, 0.1) is 11.9 Å². The van der Waals surface area contributed by atoms with Crippen molar-refractivity contribution < 1.29 is 17.2 Å². The Bertz CT molecular complexity index is 447. The summed E-state index contributed by atoms with van der Waals surface area (Å²) in [6.45, 7) is 0. The summed E-state index contributed by atoms with van der Waals surface area (Å²) in [6, 6.07) is 2.57. The molecular formula is C7H8F2N2O2S. The number of sulfonamides is 1. The number of nitrogens with two attached hydrogens (primary N) is 1. The first-order valence-corrected chi connectivity index (χ1v) is 5.37. The molecule has 0 saturated heterocycles. The van der Waals surface area contributed by atoms with Crippen molar-refractivity contribution in [2.75, 3.05) is 10.7 Å². The van der Waals surface area contributed by atoms with Gasteiger partial charge in [0.1, 0.15) is 0 Å². The number of rotatable bonds is 2. The lowest BCUT2D eigenvalue weighted by Gasteiger charge is -2.15. The molecule has 0 fully saturated rings. The maximum Gasteiger partial charge on any atom is 0.245 e. The van der Waals surface area contributed by atoms with Crippen LogP contribution in [0.15, 0.2) is 18.2 Å². The third-order valence-electron chi connectivity index (χ3n) is 1.51. The molecule has 0 aromatic heterocycles. The van der Waals surface area contributed by atoms with Crippen molar-refractivity contribution in [2.24, 2.45) is 5.84 Å². The summed E-state index contributed by atoms with van der Waals surface area (Å²) in [7, 11) is -3.66. The summed E-state index contributed by atoms with van der Waals surface area (Å²) in [6.07, 6.45) is 0.855. The molecule has 1 aromatic carbocycles. The molecule has 0 aliphatic carbocycles. The van der Waals surface area contributed by atoms with Gasteiger partial charge in [0.2, 0.25) is 10.0 Å². The van der Waals surface area contributed by atoms with Crippen molar-refractivity contribution in [3.05, 3.63) is 29.8 Å². The van der Waals surface area contributed by atoms with Crippen molar-refractivity contribution in [3.63, 3.8) is 0 Å². The molecule has 2 N–H and O–H groups in total. The van der Waals surface area contributed by atoms with E-state index in [2.05, 4.69) is 0 Å². The summed E-state index contributed by atoms with van der Waals surface area (Å²) in [5.41, 5.74) is -0.133. The number of nitrogens with zero attached hydrogens (tertiary/aromatic N) is 1. The highest BCUT2D eigenvalue weighted by Crippen LogP contribution is 2.17. The van der Waals surface area contributed by atoms with Gasteiger partial charge in [-0.05, 0) is 12.1 Å². The molecule has 7 heteroatoms. The Balaban J connectivity index is 3.16. The van der Waals surface area contributed by atoms with Gasteiger partial charge in [0, 0.05) is 6.07 Å². The van der Waals surface area contributed by atoms with Crippen LogP contribution in [0.3, 0.4) is 0 Å².